The summed E-state index contributed by atoms with van der Waals surface area (Å²) in [6.45, 7) is -1.27. The van der Waals surface area contributed by atoms with Crippen LogP contribution in [0.25, 0.3) is 20.8 Å². The minimum Gasteiger partial charge on any atom is -0.440 e. The monoisotopic (exact) mass is 463 g/mol. The normalized spacial score (nSPS) is 15.0. The quantitative estimate of drug-likeness (QED) is 0.569. The first-order valence-electron chi connectivity index (χ1n) is 10.0. The number of aromatic nitrogens is 1. The molecule has 0 atom stereocenters. The molecule has 0 radical (unpaired) electrons. The van der Waals surface area contributed by atoms with Gasteiger partial charge in [-0.25, -0.2) is 9.78 Å². The number of nitrogens with one attached hydrogen (secondary N) is 1. The first-order chi connectivity index (χ1) is 15.3. The predicted molar refractivity (Wildman–Crippen MR) is 115 cm³/mol. The van der Waals surface area contributed by atoms with E-state index in [0.717, 1.165) is 20.8 Å². The number of nitrogens with zero attached hydrogens (tertiary/aromatic N) is 2. The molecule has 10 heteroatoms. The Hall–Kier alpha value is -3.14. The van der Waals surface area contributed by atoms with Crippen molar-refractivity contribution >= 4 is 39.2 Å². The largest absolute Gasteiger partial charge is 0.440 e. The lowest BCUT2D eigenvalue weighted by molar-refractivity contribution is -0.162. The average Bonchev–Trinajstić information content (AvgIpc) is 3.22. The third kappa shape index (κ3) is 5.37. The van der Waals surface area contributed by atoms with Crippen molar-refractivity contribution in [2.45, 2.75) is 19.0 Å². The number of alkyl halides is 3. The van der Waals surface area contributed by atoms with Gasteiger partial charge < -0.3 is 15.0 Å². The fourth-order valence-electron chi connectivity index (χ4n) is 3.50. The molecule has 1 aliphatic rings. The number of anilines is 1. The summed E-state index contributed by atoms with van der Waals surface area (Å²) in [5, 5.41) is 3.76. The Morgan fingerprint density at radius 1 is 1.09 bits per heavy atom. The lowest BCUT2D eigenvalue weighted by Gasteiger charge is -2.30. The van der Waals surface area contributed by atoms with Crippen molar-refractivity contribution in [2.75, 3.05) is 25.0 Å². The van der Waals surface area contributed by atoms with Crippen LogP contribution in [0.2, 0.25) is 0 Å². The van der Waals surface area contributed by atoms with E-state index in [1.807, 2.05) is 48.5 Å². The van der Waals surface area contributed by atoms with Crippen LogP contribution >= 0.6 is 11.3 Å². The number of amides is 2. The van der Waals surface area contributed by atoms with Crippen LogP contribution < -0.4 is 5.32 Å². The zero-order valence-corrected chi connectivity index (χ0v) is 17.7. The lowest BCUT2D eigenvalue weighted by atomic mass is 9.96. The van der Waals surface area contributed by atoms with Gasteiger partial charge in [0.15, 0.2) is 6.61 Å². The first kappa shape index (κ1) is 22.1. The Balaban J connectivity index is 1.29. The van der Waals surface area contributed by atoms with E-state index in [0.29, 0.717) is 18.5 Å². The zero-order valence-electron chi connectivity index (χ0n) is 16.9. The van der Waals surface area contributed by atoms with Crippen molar-refractivity contribution in [1.82, 2.24) is 9.88 Å². The van der Waals surface area contributed by atoms with E-state index in [9.17, 15) is 22.8 Å². The number of fused-ring (bicyclic) bond motifs is 1. The summed E-state index contributed by atoms with van der Waals surface area (Å²) in [6, 6.07) is 15.3. The van der Waals surface area contributed by atoms with Gasteiger partial charge in [0.05, 0.1) is 10.2 Å². The molecule has 1 aliphatic heterocycles. The van der Waals surface area contributed by atoms with E-state index in [1.54, 1.807) is 11.3 Å². The molecule has 1 N–H and O–H groups in total. The SMILES string of the molecule is O=C(Nc1ccc(-c2nc3ccccc3s2)cc1)C1CCN(C(=O)OCC(F)(F)F)CC1. The Morgan fingerprint density at radius 2 is 1.78 bits per heavy atom. The van der Waals surface area contributed by atoms with E-state index in [4.69, 9.17) is 0 Å². The van der Waals surface area contributed by atoms with Crippen molar-refractivity contribution in [1.29, 1.82) is 0 Å². The molecule has 1 aromatic heterocycles. The maximum atomic E-state index is 12.6. The topological polar surface area (TPSA) is 71.5 Å². The van der Waals surface area contributed by atoms with Crippen molar-refractivity contribution in [3.05, 3.63) is 48.5 Å². The molecule has 2 aromatic carbocycles. The van der Waals surface area contributed by atoms with Crippen LogP contribution in [0.1, 0.15) is 12.8 Å². The van der Waals surface area contributed by atoms with Crippen LogP contribution in [0.3, 0.4) is 0 Å². The van der Waals surface area contributed by atoms with Gasteiger partial charge in [0.1, 0.15) is 5.01 Å². The third-order valence-corrected chi connectivity index (χ3v) is 6.26. The van der Waals surface area contributed by atoms with Gasteiger partial charge in [-0.2, -0.15) is 13.2 Å². The van der Waals surface area contributed by atoms with E-state index >= 15 is 0 Å². The van der Waals surface area contributed by atoms with Gasteiger partial charge in [0.25, 0.3) is 0 Å². The fraction of sp³-hybridized carbons (Fsp3) is 0.318. The maximum Gasteiger partial charge on any atom is 0.422 e. The molecule has 6 nitrogen and oxygen atoms in total. The van der Waals surface area contributed by atoms with Gasteiger partial charge in [0.2, 0.25) is 5.91 Å². The smallest absolute Gasteiger partial charge is 0.422 e. The number of ether oxygens (including phenoxy) is 1. The molecular weight excluding hydrogens is 443 g/mol. The second-order valence-corrected chi connectivity index (χ2v) is 8.52. The number of piperidine rings is 1. The number of rotatable bonds is 4. The summed E-state index contributed by atoms with van der Waals surface area (Å²) in [6.07, 6.45) is -4.85. The number of likely N-dealkylation sites (tertiary alicyclic amines) is 1. The summed E-state index contributed by atoms with van der Waals surface area (Å²) in [7, 11) is 0. The third-order valence-electron chi connectivity index (χ3n) is 5.18. The maximum absolute atomic E-state index is 12.6. The molecule has 0 bridgehead atoms. The Labute approximate surface area is 186 Å². The second-order valence-electron chi connectivity index (χ2n) is 7.48. The van der Waals surface area contributed by atoms with E-state index in [1.165, 1.54) is 4.90 Å². The summed E-state index contributed by atoms with van der Waals surface area (Å²) in [5.41, 5.74) is 2.54. The first-order valence-corrected chi connectivity index (χ1v) is 10.9. The van der Waals surface area contributed by atoms with Gasteiger partial charge in [-0.3, -0.25) is 4.79 Å². The van der Waals surface area contributed by atoms with Crippen molar-refractivity contribution in [3.8, 4) is 10.6 Å². The molecule has 2 heterocycles. The van der Waals surface area contributed by atoms with Crippen LogP contribution in [0.15, 0.2) is 48.5 Å². The molecule has 0 spiro atoms. The molecule has 2 amide bonds. The fourth-order valence-corrected chi connectivity index (χ4v) is 4.47. The molecule has 4 rings (SSSR count). The number of halogens is 3. The van der Waals surface area contributed by atoms with Crippen LogP contribution in [-0.4, -0.2) is 47.8 Å². The molecule has 0 unspecified atom stereocenters. The minimum absolute atomic E-state index is 0.172. The predicted octanol–water partition coefficient (Wildman–Crippen LogP) is 5.31. The van der Waals surface area contributed by atoms with Crippen LogP contribution in [-0.2, 0) is 9.53 Å². The number of hydrogen-bond donors (Lipinski definition) is 1. The van der Waals surface area contributed by atoms with Crippen molar-refractivity contribution in [2.24, 2.45) is 5.92 Å². The van der Waals surface area contributed by atoms with Crippen LogP contribution in [0.5, 0.6) is 0 Å². The number of hydrogen-bond acceptors (Lipinski definition) is 5. The molecular formula is C22H20F3N3O3S. The molecule has 0 aliphatic carbocycles. The molecule has 1 fully saturated rings. The van der Waals surface area contributed by atoms with E-state index in [2.05, 4.69) is 15.0 Å². The summed E-state index contributed by atoms with van der Waals surface area (Å²) < 4.78 is 41.9. The molecule has 1 saturated heterocycles. The number of carbonyl (C=O) groups is 2. The lowest BCUT2D eigenvalue weighted by Crippen LogP contribution is -2.42. The van der Waals surface area contributed by atoms with Gasteiger partial charge in [-0.05, 0) is 49.2 Å². The molecule has 3 aromatic rings. The summed E-state index contributed by atoms with van der Waals surface area (Å²) in [4.78, 5) is 30.1. The van der Waals surface area contributed by atoms with Crippen molar-refractivity contribution in [3.63, 3.8) is 0 Å². The summed E-state index contributed by atoms with van der Waals surface area (Å²) in [5.74, 6) is -0.508. The Morgan fingerprint density at radius 3 is 2.44 bits per heavy atom. The van der Waals surface area contributed by atoms with E-state index < -0.39 is 18.9 Å². The highest BCUT2D eigenvalue weighted by Crippen LogP contribution is 2.31. The van der Waals surface area contributed by atoms with Gasteiger partial charge >= 0.3 is 12.3 Å². The van der Waals surface area contributed by atoms with Gasteiger partial charge in [-0.15, -0.1) is 11.3 Å². The highest BCUT2D eigenvalue weighted by atomic mass is 32.1. The van der Waals surface area contributed by atoms with Gasteiger partial charge in [0, 0.05) is 30.3 Å². The zero-order chi connectivity index (χ0) is 22.7. The molecule has 168 valence electrons. The van der Waals surface area contributed by atoms with Crippen LogP contribution in [0.4, 0.5) is 23.7 Å². The van der Waals surface area contributed by atoms with Crippen molar-refractivity contribution < 1.29 is 27.5 Å². The second kappa shape index (κ2) is 9.15. The molecule has 0 saturated carbocycles. The Bertz CT molecular complexity index is 1070. The van der Waals surface area contributed by atoms with Crippen LogP contribution in [0, 0.1) is 5.92 Å². The highest BCUT2D eigenvalue weighted by molar-refractivity contribution is 7.21. The highest BCUT2D eigenvalue weighted by Gasteiger charge is 2.33. The Kier molecular flexibility index (Phi) is 6.31. The number of para-hydroxylation sites is 1. The summed E-state index contributed by atoms with van der Waals surface area (Å²) >= 11 is 1.60. The standard InChI is InChI=1S/C22H20F3N3O3S/c23-22(24,25)13-31-21(30)28-11-9-14(10-12-28)19(29)26-16-7-5-15(6-8-16)20-27-17-3-1-2-4-18(17)32-20/h1-8,14H,9-13H2,(H,26,29). The molecule has 32 heavy (non-hydrogen) atoms. The number of carbonyl (C=O) groups excluding carboxylic acids is 2. The number of thiazole rings is 1. The number of benzene rings is 2. The average molecular weight is 463 g/mol. The van der Waals surface area contributed by atoms with E-state index in [-0.39, 0.29) is 24.9 Å². The minimum atomic E-state index is -4.56. The van der Waals surface area contributed by atoms with Gasteiger partial charge in [-0.1, -0.05) is 12.1 Å².